The van der Waals surface area contributed by atoms with Crippen molar-refractivity contribution in [1.82, 2.24) is 9.97 Å². The van der Waals surface area contributed by atoms with Crippen LogP contribution < -0.4 is 5.73 Å². The number of esters is 1. The molecule has 1 aromatic carbocycles. The van der Waals surface area contributed by atoms with Crippen molar-refractivity contribution in [2.75, 3.05) is 0 Å². The second-order valence-electron chi connectivity index (χ2n) is 5.12. The van der Waals surface area contributed by atoms with Crippen LogP contribution in [0.4, 0.5) is 0 Å². The van der Waals surface area contributed by atoms with Crippen molar-refractivity contribution < 1.29 is 9.53 Å². The van der Waals surface area contributed by atoms with E-state index in [2.05, 4.69) is 9.97 Å². The van der Waals surface area contributed by atoms with Crippen LogP contribution in [0.1, 0.15) is 11.1 Å². The topological polar surface area (TPSA) is 81.0 Å². The molecule has 0 amide bonds. The first-order valence-electron chi connectivity index (χ1n) is 7.11. The molecule has 3 N–H and O–H groups in total. The fourth-order valence-electron chi connectivity index (χ4n) is 2.34. The molecule has 3 aromatic rings. The lowest BCUT2D eigenvalue weighted by atomic mass is 10.1. The Morgan fingerprint density at radius 2 is 2.05 bits per heavy atom. The van der Waals surface area contributed by atoms with Crippen LogP contribution in [0.3, 0.4) is 0 Å². The van der Waals surface area contributed by atoms with Crippen LogP contribution in [0.5, 0.6) is 0 Å². The minimum atomic E-state index is -0.692. The van der Waals surface area contributed by atoms with Crippen molar-refractivity contribution in [3.63, 3.8) is 0 Å². The number of rotatable bonds is 5. The van der Waals surface area contributed by atoms with E-state index in [1.165, 1.54) is 0 Å². The number of H-pyrrole nitrogens is 1. The van der Waals surface area contributed by atoms with Crippen LogP contribution in [0.2, 0.25) is 0 Å². The van der Waals surface area contributed by atoms with E-state index < -0.39 is 12.0 Å². The Morgan fingerprint density at radius 3 is 2.86 bits per heavy atom. The number of carbonyl (C=O) groups is 1. The van der Waals surface area contributed by atoms with Gasteiger partial charge in [0.25, 0.3) is 0 Å². The molecule has 0 aliphatic heterocycles. The number of ether oxygens (including phenoxy) is 1. The highest BCUT2D eigenvalue weighted by atomic mass is 16.5. The number of aromatic nitrogens is 2. The summed E-state index contributed by atoms with van der Waals surface area (Å²) in [6.45, 7) is 0.239. The van der Waals surface area contributed by atoms with E-state index >= 15 is 0 Å². The second-order valence-corrected chi connectivity index (χ2v) is 5.12. The Morgan fingerprint density at radius 1 is 1.23 bits per heavy atom. The molecule has 2 heterocycles. The maximum absolute atomic E-state index is 12.0. The number of fused-ring (bicyclic) bond motifs is 1. The summed E-state index contributed by atoms with van der Waals surface area (Å²) >= 11 is 0. The van der Waals surface area contributed by atoms with Gasteiger partial charge in [0, 0.05) is 24.2 Å². The molecule has 22 heavy (non-hydrogen) atoms. The van der Waals surface area contributed by atoms with Gasteiger partial charge in [0.05, 0.1) is 0 Å². The zero-order chi connectivity index (χ0) is 15.4. The molecule has 3 rings (SSSR count). The Labute approximate surface area is 128 Å². The highest BCUT2D eigenvalue weighted by molar-refractivity contribution is 5.81. The van der Waals surface area contributed by atoms with Gasteiger partial charge in [0.1, 0.15) is 18.3 Å². The molecule has 0 spiro atoms. The maximum Gasteiger partial charge on any atom is 0.323 e. The minimum Gasteiger partial charge on any atom is -0.460 e. The monoisotopic (exact) mass is 295 g/mol. The first kappa shape index (κ1) is 14.3. The SMILES string of the molecule is N[C@@H](Cc1c[nH]c2ncccc12)C(=O)OCc1ccccc1. The molecule has 0 unspecified atom stereocenters. The molecular formula is C17H17N3O2. The van der Waals surface area contributed by atoms with Crippen LogP contribution >= 0.6 is 0 Å². The predicted octanol–water partition coefficient (Wildman–Crippen LogP) is 2.18. The third kappa shape index (κ3) is 3.15. The summed E-state index contributed by atoms with van der Waals surface area (Å²) in [6.07, 6.45) is 3.97. The molecule has 2 aromatic heterocycles. The molecule has 0 saturated carbocycles. The molecule has 0 aliphatic rings. The lowest BCUT2D eigenvalue weighted by Gasteiger charge is -2.11. The number of pyridine rings is 1. The maximum atomic E-state index is 12.0. The van der Waals surface area contributed by atoms with Crippen molar-refractivity contribution in [3.05, 3.63) is 66.0 Å². The summed E-state index contributed by atoms with van der Waals surface area (Å²) in [7, 11) is 0. The van der Waals surface area contributed by atoms with Crippen LogP contribution in [-0.2, 0) is 22.6 Å². The number of hydrogen-bond donors (Lipinski definition) is 2. The van der Waals surface area contributed by atoms with Gasteiger partial charge in [-0.1, -0.05) is 30.3 Å². The van der Waals surface area contributed by atoms with Gasteiger partial charge in [-0.05, 0) is 23.3 Å². The normalized spacial score (nSPS) is 12.2. The first-order chi connectivity index (χ1) is 10.7. The van der Waals surface area contributed by atoms with Gasteiger partial charge in [-0.25, -0.2) is 4.98 Å². The predicted molar refractivity (Wildman–Crippen MR) is 84.0 cm³/mol. The molecule has 5 heteroatoms. The molecule has 0 fully saturated rings. The van der Waals surface area contributed by atoms with Gasteiger partial charge < -0.3 is 15.5 Å². The zero-order valence-electron chi connectivity index (χ0n) is 12.0. The summed E-state index contributed by atoms with van der Waals surface area (Å²) in [5, 5.41) is 0.980. The molecule has 5 nitrogen and oxygen atoms in total. The average molecular weight is 295 g/mol. The summed E-state index contributed by atoms with van der Waals surface area (Å²) in [5.41, 5.74) is 8.66. The number of nitrogens with two attached hydrogens (primary N) is 1. The van der Waals surface area contributed by atoms with Gasteiger partial charge in [-0.15, -0.1) is 0 Å². The van der Waals surface area contributed by atoms with Crippen LogP contribution in [-0.4, -0.2) is 22.0 Å². The van der Waals surface area contributed by atoms with E-state index in [0.717, 1.165) is 22.2 Å². The summed E-state index contributed by atoms with van der Waals surface area (Å²) in [4.78, 5) is 19.3. The molecular weight excluding hydrogens is 278 g/mol. The third-order valence-electron chi connectivity index (χ3n) is 3.50. The summed E-state index contributed by atoms with van der Waals surface area (Å²) in [6, 6.07) is 12.7. The second kappa shape index (κ2) is 6.41. The Balaban J connectivity index is 1.61. The number of benzene rings is 1. The molecule has 0 saturated heterocycles. The highest BCUT2D eigenvalue weighted by Crippen LogP contribution is 2.17. The van der Waals surface area contributed by atoms with E-state index in [1.807, 2.05) is 48.7 Å². The van der Waals surface area contributed by atoms with Gasteiger partial charge in [0.2, 0.25) is 0 Å². The number of carbonyl (C=O) groups excluding carboxylic acids is 1. The van der Waals surface area contributed by atoms with E-state index in [9.17, 15) is 4.79 Å². The summed E-state index contributed by atoms with van der Waals surface area (Å²) < 4.78 is 5.26. The Kier molecular flexibility index (Phi) is 4.16. The van der Waals surface area contributed by atoms with E-state index in [1.54, 1.807) is 6.20 Å². The molecule has 1 atom stereocenters. The molecule has 0 aliphatic carbocycles. The quantitative estimate of drug-likeness (QED) is 0.707. The lowest BCUT2D eigenvalue weighted by Crippen LogP contribution is -2.34. The average Bonchev–Trinajstić information content (AvgIpc) is 2.97. The van der Waals surface area contributed by atoms with Crippen molar-refractivity contribution in [2.45, 2.75) is 19.1 Å². The van der Waals surface area contributed by atoms with E-state index in [-0.39, 0.29) is 6.61 Å². The first-order valence-corrected chi connectivity index (χ1v) is 7.11. The van der Waals surface area contributed by atoms with Gasteiger partial charge in [-0.3, -0.25) is 4.79 Å². The Bertz CT molecular complexity index is 768. The molecule has 112 valence electrons. The fraction of sp³-hybridized carbons (Fsp3) is 0.176. The third-order valence-corrected chi connectivity index (χ3v) is 3.50. The zero-order valence-corrected chi connectivity index (χ0v) is 12.0. The highest BCUT2D eigenvalue weighted by Gasteiger charge is 2.17. The number of aromatic amines is 1. The Hall–Kier alpha value is -2.66. The number of hydrogen-bond acceptors (Lipinski definition) is 4. The van der Waals surface area contributed by atoms with E-state index in [0.29, 0.717) is 6.42 Å². The van der Waals surface area contributed by atoms with Crippen molar-refractivity contribution in [3.8, 4) is 0 Å². The number of nitrogens with zero attached hydrogens (tertiary/aromatic N) is 1. The minimum absolute atomic E-state index is 0.239. The standard InChI is InChI=1S/C17H17N3O2/c18-15(17(21)22-11-12-5-2-1-3-6-12)9-13-10-20-16-14(13)7-4-8-19-16/h1-8,10,15H,9,11,18H2,(H,19,20)/t15-/m0/s1. The van der Waals surface area contributed by atoms with Crippen molar-refractivity contribution in [1.29, 1.82) is 0 Å². The number of nitrogens with one attached hydrogen (secondary N) is 1. The molecule has 0 bridgehead atoms. The van der Waals surface area contributed by atoms with Gasteiger partial charge >= 0.3 is 5.97 Å². The fourth-order valence-corrected chi connectivity index (χ4v) is 2.34. The molecule has 0 radical (unpaired) electrons. The smallest absolute Gasteiger partial charge is 0.323 e. The van der Waals surface area contributed by atoms with Crippen molar-refractivity contribution in [2.24, 2.45) is 5.73 Å². The van der Waals surface area contributed by atoms with Crippen molar-refractivity contribution >= 4 is 17.0 Å². The van der Waals surface area contributed by atoms with Crippen LogP contribution in [0.25, 0.3) is 11.0 Å². The van der Waals surface area contributed by atoms with Gasteiger partial charge in [-0.2, -0.15) is 0 Å². The van der Waals surface area contributed by atoms with E-state index in [4.69, 9.17) is 10.5 Å². The lowest BCUT2D eigenvalue weighted by molar-refractivity contribution is -0.146. The van der Waals surface area contributed by atoms with Crippen LogP contribution in [0.15, 0.2) is 54.9 Å². The summed E-state index contributed by atoms with van der Waals surface area (Å²) in [5.74, 6) is -0.401. The largest absolute Gasteiger partial charge is 0.460 e. The van der Waals surface area contributed by atoms with Crippen LogP contribution in [0, 0.1) is 0 Å². The van der Waals surface area contributed by atoms with Gasteiger partial charge in [0.15, 0.2) is 0 Å².